The Balaban J connectivity index is 1.31. The van der Waals surface area contributed by atoms with Crippen LogP contribution in [-0.4, -0.2) is 6.71 Å². The van der Waals surface area contributed by atoms with E-state index in [1.54, 1.807) is 0 Å². The summed E-state index contributed by atoms with van der Waals surface area (Å²) >= 11 is 0. The van der Waals surface area contributed by atoms with Crippen molar-refractivity contribution in [3.8, 4) is 22.5 Å². The van der Waals surface area contributed by atoms with Crippen molar-refractivity contribution in [1.82, 2.24) is 0 Å². The lowest BCUT2D eigenvalue weighted by Crippen LogP contribution is -2.61. The van der Waals surface area contributed by atoms with Crippen LogP contribution in [0.3, 0.4) is 0 Å². The smallest absolute Gasteiger partial charge is 0.257 e. The van der Waals surface area contributed by atoms with Crippen LogP contribution in [0.25, 0.3) is 44.4 Å². The summed E-state index contributed by atoms with van der Waals surface area (Å²) in [7, 11) is 0. The lowest BCUT2D eigenvalue weighted by molar-refractivity contribution is 0.588. The van der Waals surface area contributed by atoms with Gasteiger partial charge in [-0.3, -0.25) is 4.90 Å². The lowest BCUT2D eigenvalue weighted by atomic mass is 9.33. The summed E-state index contributed by atoms with van der Waals surface area (Å²) in [5.41, 5.74) is 23.6. The minimum Gasteiger partial charge on any atom is -0.456 e. The van der Waals surface area contributed by atoms with Gasteiger partial charge in [-0.15, -0.1) is 0 Å². The third-order valence-corrected chi connectivity index (χ3v) is 15.0. The zero-order chi connectivity index (χ0) is 48.6. The van der Waals surface area contributed by atoms with Crippen molar-refractivity contribution in [3.05, 3.63) is 172 Å². The van der Waals surface area contributed by atoms with Gasteiger partial charge in [-0.2, -0.15) is 0 Å². The molecule has 0 amide bonds. The molecule has 0 fully saturated rings. The lowest BCUT2D eigenvalue weighted by Gasteiger charge is -2.44. The van der Waals surface area contributed by atoms with Gasteiger partial charge >= 0.3 is 0 Å². The molecule has 0 aliphatic carbocycles. The monoisotopic (exact) mass is 905 g/mol. The zero-order valence-corrected chi connectivity index (χ0v) is 43.1. The highest BCUT2D eigenvalue weighted by atomic mass is 16.4. The van der Waals surface area contributed by atoms with Crippen molar-refractivity contribution in [2.24, 2.45) is 0 Å². The molecule has 4 heterocycles. The van der Waals surface area contributed by atoms with E-state index < -0.39 is 0 Å². The Bertz CT molecular complexity index is 3470. The molecule has 69 heavy (non-hydrogen) atoms. The van der Waals surface area contributed by atoms with Crippen molar-refractivity contribution in [2.75, 3.05) is 9.80 Å². The fraction of sp³-hybridized carbons (Fsp3) is 0.281. The molecule has 4 nitrogen and oxygen atoms in total. The van der Waals surface area contributed by atoms with Crippen LogP contribution in [0.5, 0.6) is 0 Å². The standard InChI is InChI=1S/C64H65BN2O2/c1-37(2)44-32-52-58-53(33-44)67(59-38(3)28-46(29-39(59)4)63(9,10)11)61-57(49-35-45(62(6,7)8)25-27-55(49)69-61)65(58)50-31-43(56-34-42-22-18-19-23-54(42)68-56)24-26-51(50)66(52)60-40(5)30-47(64(12,13)14)36-48(60)41-20-16-15-17-21-41/h15-37H,1-14H3. The first-order valence-electron chi connectivity index (χ1n) is 25.0. The first-order chi connectivity index (χ1) is 32.7. The van der Waals surface area contributed by atoms with Crippen molar-refractivity contribution >= 4 is 79.4 Å². The Labute approximate surface area is 410 Å². The number of furan rings is 2. The summed E-state index contributed by atoms with van der Waals surface area (Å²) < 4.78 is 14.1. The summed E-state index contributed by atoms with van der Waals surface area (Å²) in [6.45, 7) is 32.2. The minimum absolute atomic E-state index is 0.00966. The van der Waals surface area contributed by atoms with Gasteiger partial charge in [0.15, 0.2) is 0 Å². The molecule has 2 aromatic heterocycles. The van der Waals surface area contributed by atoms with Crippen molar-refractivity contribution in [1.29, 1.82) is 0 Å². The van der Waals surface area contributed by atoms with Crippen LogP contribution < -0.4 is 26.2 Å². The number of aryl methyl sites for hydroxylation is 3. The Morgan fingerprint density at radius 1 is 0.478 bits per heavy atom. The molecule has 0 atom stereocenters. The summed E-state index contributed by atoms with van der Waals surface area (Å²) in [6.07, 6.45) is 0. The molecule has 0 spiro atoms. The van der Waals surface area contributed by atoms with Gasteiger partial charge < -0.3 is 13.7 Å². The van der Waals surface area contributed by atoms with Crippen LogP contribution in [0.1, 0.15) is 121 Å². The summed E-state index contributed by atoms with van der Waals surface area (Å²) in [5.74, 6) is 2.00. The summed E-state index contributed by atoms with van der Waals surface area (Å²) in [4.78, 5) is 5.13. The molecule has 0 saturated heterocycles. The second kappa shape index (κ2) is 15.7. The number of benzene rings is 7. The Hall–Kier alpha value is -6.72. The van der Waals surface area contributed by atoms with E-state index in [0.717, 1.165) is 50.5 Å². The largest absolute Gasteiger partial charge is 0.456 e. The molecular formula is C64H65BN2O2. The van der Waals surface area contributed by atoms with Crippen molar-refractivity contribution < 1.29 is 8.83 Å². The fourth-order valence-electron chi connectivity index (χ4n) is 11.2. The number of para-hydroxylation sites is 1. The maximum Gasteiger partial charge on any atom is 0.257 e. The molecule has 7 aromatic carbocycles. The van der Waals surface area contributed by atoms with Gasteiger partial charge in [0.1, 0.15) is 16.9 Å². The van der Waals surface area contributed by atoms with Crippen molar-refractivity contribution in [2.45, 2.75) is 119 Å². The first kappa shape index (κ1) is 44.8. The minimum atomic E-state index is -0.168. The predicted molar refractivity (Wildman–Crippen MR) is 295 cm³/mol. The van der Waals surface area contributed by atoms with Crippen LogP contribution in [0.4, 0.5) is 34.3 Å². The average molecular weight is 905 g/mol. The molecule has 346 valence electrons. The molecule has 0 bridgehead atoms. The fourth-order valence-corrected chi connectivity index (χ4v) is 11.2. The number of anilines is 6. The van der Waals surface area contributed by atoms with E-state index >= 15 is 0 Å². The van der Waals surface area contributed by atoms with E-state index in [1.165, 1.54) is 83.5 Å². The highest BCUT2D eigenvalue weighted by molar-refractivity contribution is 7.01. The molecule has 11 rings (SSSR count). The van der Waals surface area contributed by atoms with Crippen LogP contribution in [0, 0.1) is 20.8 Å². The maximum absolute atomic E-state index is 7.40. The highest BCUT2D eigenvalue weighted by Crippen LogP contribution is 2.52. The quantitative estimate of drug-likeness (QED) is 0.161. The Kier molecular flexibility index (Phi) is 10.2. The molecule has 9 aromatic rings. The van der Waals surface area contributed by atoms with Gasteiger partial charge in [0.2, 0.25) is 5.88 Å². The van der Waals surface area contributed by atoms with Crippen LogP contribution >= 0.6 is 0 Å². The third-order valence-electron chi connectivity index (χ3n) is 15.0. The van der Waals surface area contributed by atoms with Gasteiger partial charge in [0.25, 0.3) is 6.71 Å². The molecule has 0 N–H and O–H groups in total. The van der Waals surface area contributed by atoms with Crippen LogP contribution in [0.2, 0.25) is 0 Å². The Morgan fingerprint density at radius 2 is 1.09 bits per heavy atom. The number of hydrogen-bond acceptors (Lipinski definition) is 4. The van der Waals surface area contributed by atoms with Crippen molar-refractivity contribution in [3.63, 3.8) is 0 Å². The van der Waals surface area contributed by atoms with Crippen LogP contribution in [-0.2, 0) is 16.2 Å². The van der Waals surface area contributed by atoms with E-state index in [0.29, 0.717) is 0 Å². The van der Waals surface area contributed by atoms with E-state index in [2.05, 4.69) is 234 Å². The Morgan fingerprint density at radius 3 is 1.72 bits per heavy atom. The molecular weight excluding hydrogens is 840 g/mol. The van der Waals surface area contributed by atoms with Gasteiger partial charge in [0, 0.05) is 44.4 Å². The number of rotatable bonds is 5. The van der Waals surface area contributed by atoms with Gasteiger partial charge in [0.05, 0.1) is 11.4 Å². The summed E-state index contributed by atoms with van der Waals surface area (Å²) in [6, 6.07) is 50.2. The second-order valence-electron chi connectivity index (χ2n) is 23.4. The number of fused-ring (bicyclic) bond motifs is 7. The highest BCUT2D eigenvalue weighted by Gasteiger charge is 2.48. The van der Waals surface area contributed by atoms with E-state index in [4.69, 9.17) is 8.83 Å². The molecule has 0 saturated carbocycles. The number of hydrogen-bond donors (Lipinski definition) is 0. The van der Waals surface area contributed by atoms with Gasteiger partial charge in [-0.1, -0.05) is 155 Å². The predicted octanol–water partition coefficient (Wildman–Crippen LogP) is 16.5. The van der Waals surface area contributed by atoms with E-state index in [9.17, 15) is 0 Å². The molecule has 5 heteroatoms. The van der Waals surface area contributed by atoms with E-state index in [1.807, 2.05) is 6.07 Å². The maximum atomic E-state index is 7.40. The third kappa shape index (κ3) is 7.26. The molecule has 0 unspecified atom stereocenters. The zero-order valence-electron chi connectivity index (χ0n) is 43.1. The molecule has 2 aliphatic rings. The average Bonchev–Trinajstić information content (AvgIpc) is 3.90. The molecule has 0 radical (unpaired) electrons. The second-order valence-corrected chi connectivity index (χ2v) is 23.4. The van der Waals surface area contributed by atoms with Crippen LogP contribution in [0.15, 0.2) is 142 Å². The topological polar surface area (TPSA) is 32.8 Å². The van der Waals surface area contributed by atoms with Gasteiger partial charge in [-0.25, -0.2) is 0 Å². The van der Waals surface area contributed by atoms with Gasteiger partial charge in [-0.05, 0) is 153 Å². The van der Waals surface area contributed by atoms with E-state index in [-0.39, 0.29) is 28.9 Å². The SMILES string of the molecule is Cc1cc(C(C)(C)C)cc(C)c1N1c2cc(C(C)C)cc3c2B(c2cc(-c4cc5ccccc5o4)ccc2N3c2c(C)cc(C(C)(C)C)cc2-c2ccccc2)c2c1oc1ccc(C(C)(C)C)cc21. The summed E-state index contributed by atoms with van der Waals surface area (Å²) in [5, 5.41) is 2.25. The normalized spacial score (nSPS) is 13.7. The first-order valence-corrected chi connectivity index (χ1v) is 25.0. The number of nitrogens with zero attached hydrogens (tertiary/aromatic N) is 2. The molecule has 2 aliphatic heterocycles.